The van der Waals surface area contributed by atoms with Crippen LogP contribution in [0, 0.1) is 0 Å². The first kappa shape index (κ1) is 20.6. The topological polar surface area (TPSA) is 62.6 Å². The Kier molecular flexibility index (Phi) is 6.59. The van der Waals surface area contributed by atoms with Gasteiger partial charge in [0.05, 0.1) is 19.2 Å². The number of nitrogens with zero attached hydrogens (tertiary/aromatic N) is 1. The van der Waals surface area contributed by atoms with Gasteiger partial charge in [-0.25, -0.2) is 0 Å². The summed E-state index contributed by atoms with van der Waals surface area (Å²) in [5.74, 6) is 0.234. The van der Waals surface area contributed by atoms with E-state index in [1.54, 1.807) is 23.3 Å². The lowest BCUT2D eigenvalue weighted by molar-refractivity contribution is -0.126. The number of rotatable bonds is 8. The fourth-order valence-corrected chi connectivity index (χ4v) is 4.11. The predicted molar refractivity (Wildman–Crippen MR) is 122 cm³/mol. The molecule has 6 heteroatoms. The largest absolute Gasteiger partial charge is 0.467 e. The average molecular weight is 431 g/mol. The number of carbonyl (C=O) groups excluding carboxylic acids is 2. The monoisotopic (exact) mass is 430 g/mol. The Morgan fingerprint density at radius 2 is 1.65 bits per heavy atom. The molecule has 2 aromatic heterocycles. The molecule has 0 aliphatic heterocycles. The van der Waals surface area contributed by atoms with Crippen molar-refractivity contribution in [1.82, 2.24) is 5.32 Å². The van der Waals surface area contributed by atoms with Crippen molar-refractivity contribution >= 4 is 28.8 Å². The predicted octanol–water partition coefficient (Wildman–Crippen LogP) is 4.97. The van der Waals surface area contributed by atoms with Gasteiger partial charge >= 0.3 is 0 Å². The van der Waals surface area contributed by atoms with Crippen LogP contribution in [0.1, 0.15) is 22.2 Å². The van der Waals surface area contributed by atoms with Crippen LogP contribution in [0.5, 0.6) is 0 Å². The zero-order valence-corrected chi connectivity index (χ0v) is 17.6. The molecule has 156 valence electrons. The van der Waals surface area contributed by atoms with Crippen LogP contribution in [0.25, 0.3) is 0 Å². The minimum Gasteiger partial charge on any atom is -0.467 e. The maximum Gasteiger partial charge on any atom is 0.248 e. The lowest BCUT2D eigenvalue weighted by Crippen LogP contribution is -2.44. The normalized spacial score (nSPS) is 11.6. The average Bonchev–Trinajstić information content (AvgIpc) is 3.51. The summed E-state index contributed by atoms with van der Waals surface area (Å²) in [5, 5.41) is 4.87. The smallest absolute Gasteiger partial charge is 0.248 e. The molecular weight excluding hydrogens is 408 g/mol. The quantitative estimate of drug-likeness (QED) is 0.429. The molecule has 4 aromatic rings. The van der Waals surface area contributed by atoms with E-state index in [4.69, 9.17) is 4.42 Å². The Balaban J connectivity index is 1.70. The highest BCUT2D eigenvalue weighted by Gasteiger charge is 2.32. The first-order chi connectivity index (χ1) is 15.2. The minimum absolute atomic E-state index is 0.143. The van der Waals surface area contributed by atoms with Crippen LogP contribution < -0.4 is 10.2 Å². The van der Waals surface area contributed by atoms with Crippen LogP contribution in [-0.4, -0.2) is 11.8 Å². The van der Waals surface area contributed by atoms with Gasteiger partial charge in [0.1, 0.15) is 11.8 Å². The third kappa shape index (κ3) is 5.10. The molecule has 0 saturated heterocycles. The molecule has 0 unspecified atom stereocenters. The molecule has 0 bridgehead atoms. The Bertz CT molecular complexity index is 1090. The van der Waals surface area contributed by atoms with Crippen molar-refractivity contribution in [2.45, 2.75) is 19.0 Å². The van der Waals surface area contributed by atoms with Gasteiger partial charge in [0.15, 0.2) is 0 Å². The number of benzene rings is 2. The molecule has 2 aromatic carbocycles. The maximum atomic E-state index is 13.5. The van der Waals surface area contributed by atoms with Crippen molar-refractivity contribution < 1.29 is 14.0 Å². The number of nitrogens with one attached hydrogen (secondary N) is 1. The standard InChI is InChI=1S/C25H22N2O3S/c28-23(17-22-14-8-16-31-22)27(20-11-5-2-6-12-20)24(19-9-3-1-4-10-19)25(29)26-18-21-13-7-15-30-21/h1-16,24H,17-18H2,(H,26,29)/t24-/m0/s1. The molecule has 4 rings (SSSR count). The highest BCUT2D eigenvalue weighted by atomic mass is 32.1. The molecule has 1 N–H and O–H groups in total. The first-order valence-corrected chi connectivity index (χ1v) is 10.8. The summed E-state index contributed by atoms with van der Waals surface area (Å²) in [6.45, 7) is 0.247. The number of hydrogen-bond acceptors (Lipinski definition) is 4. The summed E-state index contributed by atoms with van der Waals surface area (Å²) in [6, 6.07) is 25.3. The third-order valence-corrected chi connectivity index (χ3v) is 5.72. The summed E-state index contributed by atoms with van der Waals surface area (Å²) in [7, 11) is 0. The molecule has 2 amide bonds. The molecule has 0 aliphatic rings. The molecule has 0 radical (unpaired) electrons. The van der Waals surface area contributed by atoms with Gasteiger partial charge in [-0.2, -0.15) is 0 Å². The van der Waals surface area contributed by atoms with Crippen molar-refractivity contribution in [2.75, 3.05) is 4.90 Å². The van der Waals surface area contributed by atoms with Crippen LogP contribution in [0.15, 0.2) is 101 Å². The van der Waals surface area contributed by atoms with Gasteiger partial charge in [-0.15, -0.1) is 11.3 Å². The summed E-state index contributed by atoms with van der Waals surface area (Å²) in [6.07, 6.45) is 1.79. The molecule has 31 heavy (non-hydrogen) atoms. The van der Waals surface area contributed by atoms with E-state index in [9.17, 15) is 9.59 Å². The number of para-hydroxylation sites is 1. The van der Waals surface area contributed by atoms with Gasteiger partial charge in [0.2, 0.25) is 11.8 Å². The van der Waals surface area contributed by atoms with Crippen molar-refractivity contribution in [3.63, 3.8) is 0 Å². The molecule has 0 spiro atoms. The van der Waals surface area contributed by atoms with Gasteiger partial charge in [-0.1, -0.05) is 54.6 Å². The SMILES string of the molecule is O=C(NCc1ccco1)[C@H](c1ccccc1)N(C(=O)Cc1cccs1)c1ccccc1. The Morgan fingerprint density at radius 3 is 2.29 bits per heavy atom. The van der Waals surface area contributed by atoms with Gasteiger partial charge in [-0.05, 0) is 41.3 Å². The van der Waals surface area contributed by atoms with E-state index in [-0.39, 0.29) is 24.8 Å². The summed E-state index contributed by atoms with van der Waals surface area (Å²) >= 11 is 1.53. The second-order valence-electron chi connectivity index (χ2n) is 6.97. The maximum absolute atomic E-state index is 13.5. The summed E-state index contributed by atoms with van der Waals surface area (Å²) in [5.41, 5.74) is 1.41. The zero-order valence-electron chi connectivity index (χ0n) is 16.8. The van der Waals surface area contributed by atoms with Crippen molar-refractivity contribution in [3.05, 3.63) is 113 Å². The fourth-order valence-electron chi connectivity index (χ4n) is 3.41. The van der Waals surface area contributed by atoms with Crippen molar-refractivity contribution in [1.29, 1.82) is 0 Å². The fraction of sp³-hybridized carbons (Fsp3) is 0.120. The summed E-state index contributed by atoms with van der Waals surface area (Å²) < 4.78 is 5.34. The Labute approximate surface area is 184 Å². The molecule has 0 aliphatic carbocycles. The number of anilines is 1. The highest BCUT2D eigenvalue weighted by molar-refractivity contribution is 7.10. The van der Waals surface area contributed by atoms with E-state index < -0.39 is 6.04 Å². The molecule has 2 heterocycles. The second-order valence-corrected chi connectivity index (χ2v) is 8.00. The van der Waals surface area contributed by atoms with E-state index in [0.29, 0.717) is 11.4 Å². The molecule has 0 fully saturated rings. The van der Waals surface area contributed by atoms with E-state index in [2.05, 4.69) is 5.32 Å². The van der Waals surface area contributed by atoms with Crippen molar-refractivity contribution in [3.8, 4) is 0 Å². The van der Waals surface area contributed by atoms with Gasteiger partial charge in [0.25, 0.3) is 0 Å². The molecule has 1 atom stereocenters. The van der Waals surface area contributed by atoms with E-state index in [0.717, 1.165) is 10.4 Å². The van der Waals surface area contributed by atoms with Crippen LogP contribution in [0.4, 0.5) is 5.69 Å². The van der Waals surface area contributed by atoms with Crippen LogP contribution in [0.3, 0.4) is 0 Å². The number of hydrogen-bond donors (Lipinski definition) is 1. The number of carbonyl (C=O) groups is 2. The molecule has 0 saturated carbocycles. The second kappa shape index (κ2) is 9.91. The number of thiophene rings is 1. The Hall–Kier alpha value is -3.64. The minimum atomic E-state index is -0.814. The lowest BCUT2D eigenvalue weighted by atomic mass is 10.0. The Morgan fingerprint density at radius 1 is 0.903 bits per heavy atom. The first-order valence-electron chi connectivity index (χ1n) is 9.97. The van der Waals surface area contributed by atoms with Gasteiger partial charge in [0, 0.05) is 10.6 Å². The number of amides is 2. The highest BCUT2D eigenvalue weighted by Crippen LogP contribution is 2.29. The number of furan rings is 1. The lowest BCUT2D eigenvalue weighted by Gasteiger charge is -2.31. The summed E-state index contributed by atoms with van der Waals surface area (Å²) in [4.78, 5) is 29.5. The van der Waals surface area contributed by atoms with Crippen LogP contribution in [0.2, 0.25) is 0 Å². The molecular formula is C25H22N2O3S. The van der Waals surface area contributed by atoms with Crippen molar-refractivity contribution in [2.24, 2.45) is 0 Å². The van der Waals surface area contributed by atoms with Gasteiger partial charge < -0.3 is 9.73 Å². The van der Waals surface area contributed by atoms with Crippen LogP contribution in [-0.2, 0) is 22.6 Å². The zero-order chi connectivity index (χ0) is 21.5. The van der Waals surface area contributed by atoms with Gasteiger partial charge in [-0.3, -0.25) is 14.5 Å². The van der Waals surface area contributed by atoms with E-state index in [1.165, 1.54) is 11.3 Å². The molecule has 5 nitrogen and oxygen atoms in total. The van der Waals surface area contributed by atoms with E-state index >= 15 is 0 Å². The third-order valence-electron chi connectivity index (χ3n) is 4.85. The van der Waals surface area contributed by atoms with Crippen LogP contribution >= 0.6 is 11.3 Å². The van der Waals surface area contributed by atoms with E-state index in [1.807, 2.05) is 78.2 Å².